The Hall–Kier alpha value is -2.10. The van der Waals surface area contributed by atoms with Gasteiger partial charge in [0, 0.05) is 17.1 Å². The molecule has 0 bridgehead atoms. The Morgan fingerprint density at radius 2 is 1.95 bits per heavy atom. The Balaban J connectivity index is 1.94. The third-order valence-corrected chi connectivity index (χ3v) is 4.31. The lowest BCUT2D eigenvalue weighted by atomic mass is 9.87. The van der Waals surface area contributed by atoms with Crippen molar-refractivity contribution in [3.63, 3.8) is 0 Å². The summed E-state index contributed by atoms with van der Waals surface area (Å²) in [6, 6.07) is 9.76. The van der Waals surface area contributed by atoms with E-state index in [0.29, 0.717) is 6.04 Å². The van der Waals surface area contributed by atoms with E-state index in [2.05, 4.69) is 17.2 Å². The molecule has 0 amide bonds. The van der Waals surface area contributed by atoms with Gasteiger partial charge in [0.25, 0.3) is 0 Å². The predicted molar refractivity (Wildman–Crippen MR) is 83.7 cm³/mol. The minimum Gasteiger partial charge on any atom is -0.477 e. The predicted octanol–water partition coefficient (Wildman–Crippen LogP) is 3.92. The van der Waals surface area contributed by atoms with Gasteiger partial charge in [0.1, 0.15) is 0 Å². The normalized spacial score (nSPS) is 22.1. The molecule has 3 rings (SSSR count). The van der Waals surface area contributed by atoms with Gasteiger partial charge in [-0.2, -0.15) is 0 Å². The van der Waals surface area contributed by atoms with Gasteiger partial charge in [-0.05, 0) is 43.7 Å². The Kier molecular flexibility index (Phi) is 3.78. The fourth-order valence-corrected chi connectivity index (χ4v) is 3.03. The monoisotopic (exact) mass is 284 g/mol. The highest BCUT2D eigenvalue weighted by Crippen LogP contribution is 2.29. The van der Waals surface area contributed by atoms with Gasteiger partial charge in [-0.15, -0.1) is 0 Å². The summed E-state index contributed by atoms with van der Waals surface area (Å²) in [4.78, 5) is 15.4. The van der Waals surface area contributed by atoms with E-state index in [1.54, 1.807) is 6.07 Å². The fourth-order valence-electron chi connectivity index (χ4n) is 3.03. The van der Waals surface area contributed by atoms with E-state index in [1.165, 1.54) is 12.8 Å². The van der Waals surface area contributed by atoms with Gasteiger partial charge in [-0.3, -0.25) is 0 Å². The first kappa shape index (κ1) is 13.9. The van der Waals surface area contributed by atoms with Crippen molar-refractivity contribution in [2.24, 2.45) is 5.92 Å². The number of hydrogen-bond acceptors (Lipinski definition) is 3. The van der Waals surface area contributed by atoms with Crippen molar-refractivity contribution in [2.45, 2.75) is 38.6 Å². The highest BCUT2D eigenvalue weighted by molar-refractivity contribution is 5.97. The number of pyridine rings is 1. The summed E-state index contributed by atoms with van der Waals surface area (Å²) in [7, 11) is 0. The third kappa shape index (κ3) is 2.99. The number of carbonyl (C=O) groups is 1. The van der Waals surface area contributed by atoms with E-state index >= 15 is 0 Å². The molecule has 2 N–H and O–H groups in total. The van der Waals surface area contributed by atoms with Crippen LogP contribution in [-0.4, -0.2) is 22.1 Å². The number of aromatic carboxylic acids is 1. The first-order chi connectivity index (χ1) is 10.1. The number of carboxylic acids is 1. The molecule has 0 saturated heterocycles. The van der Waals surface area contributed by atoms with Crippen LogP contribution in [-0.2, 0) is 0 Å². The molecular weight excluding hydrogens is 264 g/mol. The largest absolute Gasteiger partial charge is 0.477 e. The van der Waals surface area contributed by atoms with Crippen molar-refractivity contribution < 1.29 is 9.90 Å². The molecule has 1 aromatic heterocycles. The number of carboxylic acid groups (broad SMARTS) is 1. The minimum absolute atomic E-state index is 0.0976. The second kappa shape index (κ2) is 5.72. The van der Waals surface area contributed by atoms with E-state index in [0.717, 1.165) is 35.3 Å². The molecule has 0 unspecified atom stereocenters. The molecule has 21 heavy (non-hydrogen) atoms. The van der Waals surface area contributed by atoms with Crippen LogP contribution < -0.4 is 5.32 Å². The summed E-state index contributed by atoms with van der Waals surface area (Å²) in [5.74, 6) is -0.187. The number of hydrogen-bond donors (Lipinski definition) is 2. The summed E-state index contributed by atoms with van der Waals surface area (Å²) >= 11 is 0. The van der Waals surface area contributed by atoms with Crippen molar-refractivity contribution >= 4 is 22.6 Å². The van der Waals surface area contributed by atoms with E-state index in [4.69, 9.17) is 0 Å². The highest BCUT2D eigenvalue weighted by Gasteiger charge is 2.19. The zero-order valence-electron chi connectivity index (χ0n) is 12.2. The molecule has 2 aromatic rings. The van der Waals surface area contributed by atoms with Gasteiger partial charge in [-0.25, -0.2) is 9.78 Å². The summed E-state index contributed by atoms with van der Waals surface area (Å²) in [6.07, 6.45) is 4.74. The number of nitrogens with zero attached hydrogens (tertiary/aromatic N) is 1. The van der Waals surface area contributed by atoms with Gasteiger partial charge in [0.2, 0.25) is 0 Å². The molecule has 110 valence electrons. The topological polar surface area (TPSA) is 62.2 Å². The first-order valence-corrected chi connectivity index (χ1v) is 7.53. The molecule has 0 spiro atoms. The van der Waals surface area contributed by atoms with Crippen LogP contribution in [0.25, 0.3) is 10.9 Å². The quantitative estimate of drug-likeness (QED) is 0.896. The van der Waals surface area contributed by atoms with Gasteiger partial charge in [0.15, 0.2) is 5.69 Å². The summed E-state index contributed by atoms with van der Waals surface area (Å²) in [6.45, 7) is 2.29. The van der Waals surface area contributed by atoms with E-state index in [-0.39, 0.29) is 5.69 Å². The average Bonchev–Trinajstić information content (AvgIpc) is 2.49. The van der Waals surface area contributed by atoms with Crippen LogP contribution >= 0.6 is 0 Å². The third-order valence-electron chi connectivity index (χ3n) is 4.31. The van der Waals surface area contributed by atoms with Crippen molar-refractivity contribution in [1.29, 1.82) is 0 Å². The summed E-state index contributed by atoms with van der Waals surface area (Å²) in [5.41, 5.74) is 1.71. The van der Waals surface area contributed by atoms with E-state index < -0.39 is 5.97 Å². The Morgan fingerprint density at radius 3 is 2.67 bits per heavy atom. The van der Waals surface area contributed by atoms with Crippen molar-refractivity contribution in [3.8, 4) is 0 Å². The molecule has 0 radical (unpaired) electrons. The van der Waals surface area contributed by atoms with E-state index in [9.17, 15) is 9.90 Å². The molecular formula is C17H20N2O2. The number of fused-ring (bicyclic) bond motifs is 1. The molecule has 1 fully saturated rings. The fraction of sp³-hybridized carbons (Fsp3) is 0.412. The second-order valence-corrected chi connectivity index (χ2v) is 5.98. The standard InChI is InChI=1S/C17H20N2O2/c1-11-6-8-12(9-7-11)18-15-10-16(17(20)21)19-14-5-3-2-4-13(14)15/h2-5,10-12H,6-9H2,1H3,(H,18,19)(H,20,21). The number of anilines is 1. The minimum atomic E-state index is -0.985. The number of benzene rings is 1. The Labute approximate surface area is 124 Å². The van der Waals surface area contributed by atoms with Crippen LogP contribution in [0.15, 0.2) is 30.3 Å². The van der Waals surface area contributed by atoms with Crippen LogP contribution in [0.3, 0.4) is 0 Å². The lowest BCUT2D eigenvalue weighted by molar-refractivity contribution is 0.0691. The summed E-state index contributed by atoms with van der Waals surface area (Å²) in [5, 5.41) is 13.7. The van der Waals surface area contributed by atoms with Crippen molar-refractivity contribution in [3.05, 3.63) is 36.0 Å². The smallest absolute Gasteiger partial charge is 0.354 e. The molecule has 1 aliphatic carbocycles. The number of para-hydroxylation sites is 1. The molecule has 0 atom stereocenters. The van der Waals surface area contributed by atoms with Crippen LogP contribution in [0, 0.1) is 5.92 Å². The SMILES string of the molecule is CC1CCC(Nc2cc(C(=O)O)nc3ccccc23)CC1. The van der Waals surface area contributed by atoms with Crippen molar-refractivity contribution in [2.75, 3.05) is 5.32 Å². The summed E-state index contributed by atoms with van der Waals surface area (Å²) < 4.78 is 0. The van der Waals surface area contributed by atoms with Crippen molar-refractivity contribution in [1.82, 2.24) is 4.98 Å². The van der Waals surface area contributed by atoms with Crippen LogP contribution in [0.4, 0.5) is 5.69 Å². The molecule has 4 heteroatoms. The lowest BCUT2D eigenvalue weighted by Crippen LogP contribution is -2.25. The number of rotatable bonds is 3. The lowest BCUT2D eigenvalue weighted by Gasteiger charge is -2.28. The molecule has 0 aliphatic heterocycles. The van der Waals surface area contributed by atoms with E-state index in [1.807, 2.05) is 24.3 Å². The van der Waals surface area contributed by atoms with Crippen LogP contribution in [0.2, 0.25) is 0 Å². The van der Waals surface area contributed by atoms with Gasteiger partial charge in [-0.1, -0.05) is 25.1 Å². The average molecular weight is 284 g/mol. The number of nitrogens with one attached hydrogen (secondary N) is 1. The molecule has 1 heterocycles. The Morgan fingerprint density at radius 1 is 1.24 bits per heavy atom. The zero-order chi connectivity index (χ0) is 14.8. The number of aromatic nitrogens is 1. The highest BCUT2D eigenvalue weighted by atomic mass is 16.4. The zero-order valence-corrected chi connectivity index (χ0v) is 12.2. The van der Waals surface area contributed by atoms with Gasteiger partial charge >= 0.3 is 5.97 Å². The molecule has 1 aromatic carbocycles. The maximum absolute atomic E-state index is 11.2. The van der Waals surface area contributed by atoms with Crippen LogP contribution in [0.5, 0.6) is 0 Å². The maximum Gasteiger partial charge on any atom is 0.354 e. The Bertz CT molecular complexity index is 661. The first-order valence-electron chi connectivity index (χ1n) is 7.53. The molecule has 1 saturated carbocycles. The molecule has 1 aliphatic rings. The van der Waals surface area contributed by atoms with Gasteiger partial charge < -0.3 is 10.4 Å². The second-order valence-electron chi connectivity index (χ2n) is 5.98. The van der Waals surface area contributed by atoms with Crippen LogP contribution in [0.1, 0.15) is 43.1 Å². The van der Waals surface area contributed by atoms with Gasteiger partial charge in [0.05, 0.1) is 5.52 Å². The maximum atomic E-state index is 11.2. The molecule has 4 nitrogen and oxygen atoms in total.